The number of aromatic nitrogens is 3. The van der Waals surface area contributed by atoms with Crippen LogP contribution in [0.3, 0.4) is 0 Å². The average Bonchev–Trinajstić information content (AvgIpc) is 2.82. The molecule has 0 amide bonds. The van der Waals surface area contributed by atoms with Crippen molar-refractivity contribution in [2.24, 2.45) is 0 Å². The molecule has 0 radical (unpaired) electrons. The van der Waals surface area contributed by atoms with Gasteiger partial charge in [-0.15, -0.1) is 0 Å². The second kappa shape index (κ2) is 10.2. The van der Waals surface area contributed by atoms with E-state index in [1.165, 1.54) is 6.33 Å². The van der Waals surface area contributed by atoms with Crippen molar-refractivity contribution in [1.82, 2.24) is 15.0 Å². The molecule has 0 spiro atoms. The maximum atomic E-state index is 6.07. The quantitative estimate of drug-likeness (QED) is 0.368. The molecule has 2 heterocycles. The Hall–Kier alpha value is -3.58. The van der Waals surface area contributed by atoms with Crippen LogP contribution < -0.4 is 19.5 Å². The third kappa shape index (κ3) is 5.00. The summed E-state index contributed by atoms with van der Waals surface area (Å²) in [6.07, 6.45) is 7.51. The lowest BCUT2D eigenvalue weighted by atomic mass is 10.1. The number of nitrogens with zero attached hydrogens (tertiary/aromatic N) is 3. The summed E-state index contributed by atoms with van der Waals surface area (Å²) in [5.41, 5.74) is 3.82. The molecule has 1 N–H and O–H groups in total. The van der Waals surface area contributed by atoms with Crippen molar-refractivity contribution >= 4 is 28.2 Å². The first-order valence-corrected chi connectivity index (χ1v) is 10.5. The highest BCUT2D eigenvalue weighted by atomic mass is 35.5. The van der Waals surface area contributed by atoms with Crippen molar-refractivity contribution in [2.75, 3.05) is 32.7 Å². The molecule has 0 unspecified atom stereocenters. The molecule has 2 aromatic carbocycles. The Kier molecular flexibility index (Phi) is 6.87. The van der Waals surface area contributed by atoms with Gasteiger partial charge in [0.25, 0.3) is 0 Å². The molecule has 0 aliphatic rings. The molecule has 164 valence electrons. The number of hydrogen-bond acceptors (Lipinski definition) is 7. The Morgan fingerprint density at radius 2 is 1.75 bits per heavy atom. The molecule has 0 atom stereocenters. The van der Waals surface area contributed by atoms with Gasteiger partial charge in [-0.1, -0.05) is 11.6 Å². The summed E-state index contributed by atoms with van der Waals surface area (Å²) in [6, 6.07) is 11.5. The van der Waals surface area contributed by atoms with Crippen molar-refractivity contribution in [2.45, 2.75) is 6.42 Å². The van der Waals surface area contributed by atoms with Gasteiger partial charge in [0, 0.05) is 47.7 Å². The number of halogens is 1. The highest BCUT2D eigenvalue weighted by Crippen LogP contribution is 2.39. The minimum absolute atomic E-state index is 0.425. The number of fused-ring (bicyclic) bond motifs is 1. The highest BCUT2D eigenvalue weighted by molar-refractivity contribution is 6.31. The second-order valence-corrected chi connectivity index (χ2v) is 7.48. The molecule has 0 fully saturated rings. The van der Waals surface area contributed by atoms with Crippen molar-refractivity contribution in [3.8, 4) is 17.2 Å². The van der Waals surface area contributed by atoms with Gasteiger partial charge in [-0.2, -0.15) is 0 Å². The number of ether oxygens (including phenoxy) is 3. The summed E-state index contributed by atoms with van der Waals surface area (Å²) >= 11 is 6.07. The first-order chi connectivity index (χ1) is 15.7. The molecular weight excluding hydrogens is 428 g/mol. The lowest BCUT2D eigenvalue weighted by Crippen LogP contribution is -2.12. The van der Waals surface area contributed by atoms with Crippen LogP contribution in [-0.2, 0) is 6.42 Å². The van der Waals surface area contributed by atoms with Crippen molar-refractivity contribution < 1.29 is 14.2 Å². The highest BCUT2D eigenvalue weighted by Gasteiger charge is 2.14. The van der Waals surface area contributed by atoms with E-state index in [1.807, 2.05) is 36.4 Å². The predicted octanol–water partition coefficient (Wildman–Crippen LogP) is 4.78. The van der Waals surface area contributed by atoms with Gasteiger partial charge in [-0.05, 0) is 47.5 Å². The molecule has 0 aliphatic heterocycles. The van der Waals surface area contributed by atoms with Crippen LogP contribution in [0.25, 0.3) is 10.9 Å². The van der Waals surface area contributed by atoms with Crippen molar-refractivity contribution in [1.29, 1.82) is 0 Å². The van der Waals surface area contributed by atoms with E-state index in [-0.39, 0.29) is 0 Å². The fraction of sp³-hybridized carbons (Fsp3) is 0.208. The van der Waals surface area contributed by atoms with Gasteiger partial charge in [-0.25, -0.2) is 9.97 Å². The van der Waals surface area contributed by atoms with Crippen molar-refractivity contribution in [3.63, 3.8) is 0 Å². The van der Waals surface area contributed by atoms with E-state index in [1.54, 1.807) is 32.8 Å². The van der Waals surface area contributed by atoms with Crippen LogP contribution in [0.1, 0.15) is 11.1 Å². The Balaban J connectivity index is 1.47. The van der Waals surface area contributed by atoms with Gasteiger partial charge in [0.2, 0.25) is 5.75 Å². The lowest BCUT2D eigenvalue weighted by molar-refractivity contribution is 0.292. The van der Waals surface area contributed by atoms with Crippen molar-refractivity contribution in [3.05, 3.63) is 77.5 Å². The van der Waals surface area contributed by atoms with Gasteiger partial charge in [0.15, 0.2) is 11.5 Å². The van der Waals surface area contributed by atoms with Crippen LogP contribution in [-0.4, -0.2) is 42.3 Å². The van der Waals surface area contributed by atoms with Gasteiger partial charge in [0.1, 0.15) is 12.9 Å². The average molecular weight is 451 g/mol. The fourth-order valence-electron chi connectivity index (χ4n) is 3.47. The van der Waals surface area contributed by atoms with E-state index in [0.717, 1.165) is 27.7 Å². The SMILES string of the molecule is COc1cc(Cc2cncnc2)cc(OCCNc2ccnc3cc(Cl)ccc23)c1OC. The molecule has 4 rings (SSSR count). The number of anilines is 1. The number of pyridine rings is 1. The molecule has 8 heteroatoms. The van der Waals surface area contributed by atoms with E-state index in [4.69, 9.17) is 25.8 Å². The fourth-order valence-corrected chi connectivity index (χ4v) is 3.64. The largest absolute Gasteiger partial charge is 0.493 e. The second-order valence-electron chi connectivity index (χ2n) is 7.05. The van der Waals surface area contributed by atoms with Crippen LogP contribution in [0, 0.1) is 0 Å². The zero-order valence-corrected chi connectivity index (χ0v) is 18.6. The van der Waals surface area contributed by atoms with Crippen LogP contribution >= 0.6 is 11.6 Å². The summed E-state index contributed by atoms with van der Waals surface area (Å²) in [7, 11) is 3.21. The van der Waals surface area contributed by atoms with E-state index < -0.39 is 0 Å². The van der Waals surface area contributed by atoms with Gasteiger partial charge >= 0.3 is 0 Å². The number of benzene rings is 2. The Morgan fingerprint density at radius 1 is 0.938 bits per heavy atom. The van der Waals surface area contributed by atoms with E-state index in [2.05, 4.69) is 20.3 Å². The maximum absolute atomic E-state index is 6.07. The third-order valence-electron chi connectivity index (χ3n) is 4.91. The monoisotopic (exact) mass is 450 g/mol. The zero-order chi connectivity index (χ0) is 22.3. The summed E-state index contributed by atoms with van der Waals surface area (Å²) in [4.78, 5) is 12.5. The molecule has 0 aliphatic carbocycles. The number of rotatable bonds is 9. The van der Waals surface area contributed by atoms with Crippen LogP contribution in [0.15, 0.2) is 61.3 Å². The molecule has 7 nitrogen and oxygen atoms in total. The first-order valence-electron chi connectivity index (χ1n) is 10.1. The smallest absolute Gasteiger partial charge is 0.203 e. The maximum Gasteiger partial charge on any atom is 0.203 e. The minimum atomic E-state index is 0.425. The Bertz CT molecular complexity index is 1200. The Labute approximate surface area is 191 Å². The van der Waals surface area contributed by atoms with Crippen LogP contribution in [0.4, 0.5) is 5.69 Å². The molecule has 0 saturated heterocycles. The predicted molar refractivity (Wildman–Crippen MR) is 125 cm³/mol. The standard InChI is InChI=1S/C24H23ClN4O3/c1-30-22-10-16(9-17-13-26-15-27-14-17)11-23(24(22)31-2)32-8-7-29-20-5-6-28-21-12-18(25)3-4-19(20)21/h3-6,10-15H,7-9H2,1-2H3,(H,28,29). The van der Waals surface area contributed by atoms with E-state index in [9.17, 15) is 0 Å². The number of nitrogens with one attached hydrogen (secondary N) is 1. The molecule has 0 saturated carbocycles. The molecule has 0 bridgehead atoms. The van der Waals surface area contributed by atoms with Crippen LogP contribution in [0.5, 0.6) is 17.2 Å². The van der Waals surface area contributed by atoms with Gasteiger partial charge in [-0.3, -0.25) is 4.98 Å². The zero-order valence-electron chi connectivity index (χ0n) is 17.8. The first kappa shape index (κ1) is 21.6. The van der Waals surface area contributed by atoms with E-state index in [0.29, 0.717) is 41.8 Å². The molecule has 32 heavy (non-hydrogen) atoms. The molecule has 2 aromatic heterocycles. The minimum Gasteiger partial charge on any atom is -0.493 e. The summed E-state index contributed by atoms with van der Waals surface area (Å²) in [5, 5.41) is 5.06. The normalized spacial score (nSPS) is 10.7. The molecular formula is C24H23ClN4O3. The van der Waals surface area contributed by atoms with Gasteiger partial charge in [0.05, 0.1) is 19.7 Å². The van der Waals surface area contributed by atoms with E-state index >= 15 is 0 Å². The topological polar surface area (TPSA) is 78.4 Å². The molecule has 4 aromatic rings. The third-order valence-corrected chi connectivity index (χ3v) is 5.14. The van der Waals surface area contributed by atoms with Crippen LogP contribution in [0.2, 0.25) is 5.02 Å². The Morgan fingerprint density at radius 3 is 2.53 bits per heavy atom. The summed E-state index contributed by atoms with van der Waals surface area (Å²) in [5.74, 6) is 1.79. The summed E-state index contributed by atoms with van der Waals surface area (Å²) < 4.78 is 17.1. The summed E-state index contributed by atoms with van der Waals surface area (Å²) in [6.45, 7) is 1.01. The lowest BCUT2D eigenvalue weighted by Gasteiger charge is -2.16. The number of hydrogen-bond donors (Lipinski definition) is 1. The number of methoxy groups -OCH3 is 2. The van der Waals surface area contributed by atoms with Gasteiger partial charge < -0.3 is 19.5 Å².